The van der Waals surface area contributed by atoms with Crippen LogP contribution in [0.3, 0.4) is 0 Å². The van der Waals surface area contributed by atoms with E-state index >= 15 is 0 Å². The summed E-state index contributed by atoms with van der Waals surface area (Å²) in [5.74, 6) is 0.320. The van der Waals surface area contributed by atoms with E-state index in [0.29, 0.717) is 25.3 Å². The molecule has 0 saturated heterocycles. The second-order valence-corrected chi connectivity index (χ2v) is 5.55. The summed E-state index contributed by atoms with van der Waals surface area (Å²) >= 11 is 0. The summed E-state index contributed by atoms with van der Waals surface area (Å²) in [5.41, 5.74) is 1.50. The molecule has 0 unspecified atom stereocenters. The number of carbonyl (C=O) groups is 1. The van der Waals surface area contributed by atoms with Gasteiger partial charge < -0.3 is 10.3 Å². The van der Waals surface area contributed by atoms with Crippen molar-refractivity contribution in [3.05, 3.63) is 59.0 Å². The molecule has 0 aliphatic heterocycles. The molecule has 0 atom stereocenters. The van der Waals surface area contributed by atoms with E-state index in [1.54, 1.807) is 17.1 Å². The summed E-state index contributed by atoms with van der Waals surface area (Å²) in [5, 5.41) is 7.13. The maximum Gasteiger partial charge on any atom is 0.346 e. The molecule has 0 saturated carbocycles. The number of hydrogen-bond donors (Lipinski definition) is 2. The average Bonchev–Trinajstić information content (AvgIpc) is 3.24. The van der Waals surface area contributed by atoms with Gasteiger partial charge in [0.25, 0.3) is 0 Å². The average molecular weight is 340 g/mol. The Hall–Kier alpha value is -3.16. The minimum Gasteiger partial charge on any atom is -0.354 e. The highest BCUT2D eigenvalue weighted by atomic mass is 16.2. The molecule has 8 nitrogen and oxygen atoms in total. The molecule has 25 heavy (non-hydrogen) atoms. The van der Waals surface area contributed by atoms with Gasteiger partial charge in [-0.15, -0.1) is 5.10 Å². The number of imidazole rings is 1. The summed E-state index contributed by atoms with van der Waals surface area (Å²) in [4.78, 5) is 31.4. The molecule has 8 heteroatoms. The molecular weight excluding hydrogens is 320 g/mol. The number of amides is 1. The van der Waals surface area contributed by atoms with Crippen LogP contribution in [0.4, 0.5) is 0 Å². The van der Waals surface area contributed by atoms with Crippen LogP contribution in [0.2, 0.25) is 0 Å². The first-order valence-corrected chi connectivity index (χ1v) is 8.16. The zero-order valence-electron chi connectivity index (χ0n) is 14.0. The van der Waals surface area contributed by atoms with Gasteiger partial charge in [0.05, 0.1) is 6.33 Å². The van der Waals surface area contributed by atoms with Gasteiger partial charge in [0.2, 0.25) is 5.91 Å². The second kappa shape index (κ2) is 7.61. The molecule has 0 radical (unpaired) electrons. The van der Waals surface area contributed by atoms with Crippen molar-refractivity contribution in [2.24, 2.45) is 0 Å². The highest BCUT2D eigenvalue weighted by molar-refractivity contribution is 5.75. The quantitative estimate of drug-likeness (QED) is 0.665. The van der Waals surface area contributed by atoms with Crippen LogP contribution in [0.15, 0.2) is 47.7 Å². The fraction of sp³-hybridized carbons (Fsp3) is 0.294. The van der Waals surface area contributed by atoms with Crippen molar-refractivity contribution in [2.75, 3.05) is 6.54 Å². The predicted molar refractivity (Wildman–Crippen MR) is 92.9 cm³/mol. The Morgan fingerprint density at radius 2 is 2.08 bits per heavy atom. The Bertz CT molecular complexity index is 880. The van der Waals surface area contributed by atoms with E-state index in [1.807, 2.05) is 37.3 Å². The molecule has 1 amide bonds. The van der Waals surface area contributed by atoms with Crippen molar-refractivity contribution in [1.29, 1.82) is 0 Å². The number of benzene rings is 1. The van der Waals surface area contributed by atoms with E-state index in [4.69, 9.17) is 0 Å². The maximum absolute atomic E-state index is 12.5. The molecule has 3 rings (SSSR count). The maximum atomic E-state index is 12.5. The molecule has 0 fully saturated rings. The van der Waals surface area contributed by atoms with Crippen LogP contribution in [0.25, 0.3) is 11.4 Å². The van der Waals surface area contributed by atoms with Gasteiger partial charge in [-0.2, -0.15) is 0 Å². The second-order valence-electron chi connectivity index (χ2n) is 5.55. The van der Waals surface area contributed by atoms with Crippen LogP contribution in [-0.4, -0.2) is 36.8 Å². The highest BCUT2D eigenvalue weighted by Gasteiger charge is 2.15. The van der Waals surface area contributed by atoms with Crippen molar-refractivity contribution in [3.63, 3.8) is 0 Å². The topological polar surface area (TPSA) is 97.6 Å². The molecule has 130 valence electrons. The minimum absolute atomic E-state index is 0.103. The highest BCUT2D eigenvalue weighted by Crippen LogP contribution is 2.14. The Kier molecular flexibility index (Phi) is 5.08. The van der Waals surface area contributed by atoms with Crippen LogP contribution >= 0.6 is 0 Å². The van der Waals surface area contributed by atoms with Gasteiger partial charge in [-0.25, -0.2) is 14.5 Å². The van der Waals surface area contributed by atoms with Crippen LogP contribution in [0.5, 0.6) is 0 Å². The molecule has 3 aromatic rings. The number of nitrogens with zero attached hydrogens (tertiary/aromatic N) is 4. The van der Waals surface area contributed by atoms with Crippen LogP contribution in [0.1, 0.15) is 12.6 Å². The largest absolute Gasteiger partial charge is 0.354 e. The van der Waals surface area contributed by atoms with E-state index in [9.17, 15) is 9.59 Å². The van der Waals surface area contributed by atoms with E-state index in [-0.39, 0.29) is 18.1 Å². The van der Waals surface area contributed by atoms with Gasteiger partial charge >= 0.3 is 5.69 Å². The Labute approximate surface area is 144 Å². The lowest BCUT2D eigenvalue weighted by atomic mass is 10.2. The van der Waals surface area contributed by atoms with Gasteiger partial charge in [0.1, 0.15) is 6.54 Å². The lowest BCUT2D eigenvalue weighted by molar-refractivity contribution is -0.121. The molecule has 0 aliphatic rings. The smallest absolute Gasteiger partial charge is 0.346 e. The molecule has 0 spiro atoms. The predicted octanol–water partition coefficient (Wildman–Crippen LogP) is 0.814. The lowest BCUT2D eigenvalue weighted by Gasteiger charge is -2.03. The van der Waals surface area contributed by atoms with E-state index < -0.39 is 0 Å². The summed E-state index contributed by atoms with van der Waals surface area (Å²) in [6.45, 7) is 2.74. The Morgan fingerprint density at radius 1 is 1.28 bits per heavy atom. The molecule has 2 aromatic heterocycles. The van der Waals surface area contributed by atoms with E-state index in [1.165, 1.54) is 4.68 Å². The molecular formula is C17H20N6O2. The van der Waals surface area contributed by atoms with Crippen LogP contribution < -0.4 is 11.0 Å². The number of nitrogens with one attached hydrogen (secondary N) is 2. The summed E-state index contributed by atoms with van der Waals surface area (Å²) in [6, 6.07) is 9.47. The summed E-state index contributed by atoms with van der Waals surface area (Å²) in [6.07, 6.45) is 3.96. The summed E-state index contributed by atoms with van der Waals surface area (Å²) in [7, 11) is 0. The Morgan fingerprint density at radius 3 is 2.76 bits per heavy atom. The lowest BCUT2D eigenvalue weighted by Crippen LogP contribution is -2.34. The fourth-order valence-electron chi connectivity index (χ4n) is 2.58. The van der Waals surface area contributed by atoms with Gasteiger partial charge in [0.15, 0.2) is 5.82 Å². The summed E-state index contributed by atoms with van der Waals surface area (Å²) < 4.78 is 2.77. The van der Waals surface area contributed by atoms with Gasteiger partial charge in [0, 0.05) is 37.0 Å². The Balaban J connectivity index is 1.69. The third-order valence-electron chi connectivity index (χ3n) is 3.84. The number of aromatic amines is 1. The van der Waals surface area contributed by atoms with E-state index in [0.717, 1.165) is 11.3 Å². The van der Waals surface area contributed by atoms with Crippen molar-refractivity contribution >= 4 is 5.91 Å². The third-order valence-corrected chi connectivity index (χ3v) is 3.84. The third kappa shape index (κ3) is 3.85. The van der Waals surface area contributed by atoms with Crippen molar-refractivity contribution in [2.45, 2.75) is 26.4 Å². The number of rotatable bonds is 7. The molecule has 2 N–H and O–H groups in total. The van der Waals surface area contributed by atoms with Gasteiger partial charge in [-0.3, -0.25) is 9.36 Å². The molecule has 0 aliphatic carbocycles. The number of aromatic nitrogens is 5. The zero-order chi connectivity index (χ0) is 17.6. The molecule has 2 heterocycles. The van der Waals surface area contributed by atoms with Crippen LogP contribution in [0, 0.1) is 0 Å². The first-order chi connectivity index (χ1) is 12.2. The molecule has 1 aromatic carbocycles. The monoisotopic (exact) mass is 340 g/mol. The van der Waals surface area contributed by atoms with Crippen molar-refractivity contribution < 1.29 is 4.79 Å². The van der Waals surface area contributed by atoms with Gasteiger partial charge in [-0.05, 0) is 6.92 Å². The standard InChI is InChI=1S/C17H20N6O2/c1-2-22-16(13-6-4-3-5-7-13)21-23(17(22)25)11-15(24)19-9-8-14-10-18-12-20-14/h3-7,10,12H,2,8-9,11H2,1H3,(H,18,20)(H,19,24). The first kappa shape index (κ1) is 16.7. The number of H-pyrrole nitrogens is 1. The number of hydrogen-bond acceptors (Lipinski definition) is 4. The van der Waals surface area contributed by atoms with E-state index in [2.05, 4.69) is 20.4 Å². The van der Waals surface area contributed by atoms with Gasteiger partial charge in [-0.1, -0.05) is 30.3 Å². The molecule has 0 bridgehead atoms. The minimum atomic E-state index is -0.287. The normalized spacial score (nSPS) is 10.8. The fourth-order valence-corrected chi connectivity index (χ4v) is 2.58. The SMILES string of the molecule is CCn1c(-c2ccccc2)nn(CC(=O)NCCc2cnc[nH]2)c1=O. The zero-order valence-corrected chi connectivity index (χ0v) is 14.0. The number of carbonyl (C=O) groups excluding carboxylic acids is 1. The van der Waals surface area contributed by atoms with Crippen molar-refractivity contribution in [3.8, 4) is 11.4 Å². The van der Waals surface area contributed by atoms with Crippen molar-refractivity contribution in [1.82, 2.24) is 29.6 Å². The van der Waals surface area contributed by atoms with Crippen LogP contribution in [-0.2, 0) is 24.3 Å². The first-order valence-electron chi connectivity index (χ1n) is 8.16.